The van der Waals surface area contributed by atoms with Gasteiger partial charge in [-0.1, -0.05) is 13.8 Å². The molecule has 6 nitrogen and oxygen atoms in total. The van der Waals surface area contributed by atoms with Crippen molar-refractivity contribution in [2.45, 2.75) is 45.2 Å². The van der Waals surface area contributed by atoms with Crippen molar-refractivity contribution >= 4 is 10.0 Å². The molecular weight excluding hydrogens is 266 g/mol. The summed E-state index contributed by atoms with van der Waals surface area (Å²) in [6, 6.07) is 0. The smallest absolute Gasteiger partial charge is 0.262 e. The van der Waals surface area contributed by atoms with E-state index in [0.717, 1.165) is 13.0 Å². The molecule has 0 saturated carbocycles. The van der Waals surface area contributed by atoms with Crippen LogP contribution >= 0.6 is 0 Å². The second-order valence-corrected chi connectivity index (χ2v) is 6.28. The third kappa shape index (κ3) is 3.77. The predicted octanol–water partition coefficient (Wildman–Crippen LogP) is 0.995. The van der Waals surface area contributed by atoms with Gasteiger partial charge >= 0.3 is 0 Å². The topological polar surface area (TPSA) is 75.4 Å². The van der Waals surface area contributed by atoms with E-state index in [4.69, 9.17) is 5.11 Å². The zero-order chi connectivity index (χ0) is 14.5. The number of aliphatic hydroxyl groups excluding tert-OH is 1. The van der Waals surface area contributed by atoms with Gasteiger partial charge < -0.3 is 9.67 Å². The fourth-order valence-corrected chi connectivity index (χ4v) is 3.38. The molecule has 1 aromatic heterocycles. The molecule has 110 valence electrons. The number of sulfonamides is 1. The normalized spacial score (nSPS) is 12.3. The highest BCUT2D eigenvalue weighted by atomic mass is 32.2. The van der Waals surface area contributed by atoms with Crippen molar-refractivity contribution in [1.29, 1.82) is 0 Å². The van der Waals surface area contributed by atoms with Crippen molar-refractivity contribution in [3.05, 3.63) is 12.0 Å². The average molecular weight is 289 g/mol. The molecule has 0 aliphatic heterocycles. The summed E-state index contributed by atoms with van der Waals surface area (Å²) >= 11 is 0. The number of nitrogens with zero attached hydrogens (tertiary/aromatic N) is 3. The van der Waals surface area contributed by atoms with E-state index in [9.17, 15) is 8.42 Å². The summed E-state index contributed by atoms with van der Waals surface area (Å²) in [5.41, 5.74) is 0. The minimum atomic E-state index is -3.55. The van der Waals surface area contributed by atoms with Gasteiger partial charge in [0, 0.05) is 32.4 Å². The lowest BCUT2D eigenvalue weighted by molar-refractivity contribution is 0.271. The SMILES string of the molecule is CCCn1cc(S(=O)(=O)N(CC)CCCO)nc1C. The van der Waals surface area contributed by atoms with E-state index in [-0.39, 0.29) is 11.6 Å². The van der Waals surface area contributed by atoms with Crippen LogP contribution in [0.3, 0.4) is 0 Å². The lowest BCUT2D eigenvalue weighted by atomic mass is 10.4. The van der Waals surface area contributed by atoms with Crippen LogP contribution in [-0.4, -0.2) is 47.1 Å². The van der Waals surface area contributed by atoms with Gasteiger partial charge in [-0.05, 0) is 19.8 Å². The van der Waals surface area contributed by atoms with Gasteiger partial charge in [0.15, 0.2) is 5.03 Å². The lowest BCUT2D eigenvalue weighted by Crippen LogP contribution is -2.32. The van der Waals surface area contributed by atoms with Crippen LogP contribution in [0.5, 0.6) is 0 Å². The molecule has 1 aromatic rings. The fraction of sp³-hybridized carbons (Fsp3) is 0.750. The Labute approximate surface area is 115 Å². The standard InChI is InChI=1S/C12H23N3O3S/c1-4-7-14-10-12(13-11(14)3)19(17,18)15(5-2)8-6-9-16/h10,16H,4-9H2,1-3H3. The molecule has 1 heterocycles. The molecule has 0 aromatic carbocycles. The van der Waals surface area contributed by atoms with Gasteiger partial charge in [0.2, 0.25) is 0 Å². The summed E-state index contributed by atoms with van der Waals surface area (Å²) in [4.78, 5) is 4.15. The minimum absolute atomic E-state index is 0.0185. The minimum Gasteiger partial charge on any atom is -0.396 e. The van der Waals surface area contributed by atoms with Gasteiger partial charge in [0.05, 0.1) is 0 Å². The highest BCUT2D eigenvalue weighted by Gasteiger charge is 2.25. The molecule has 7 heteroatoms. The molecule has 0 saturated heterocycles. The van der Waals surface area contributed by atoms with Crippen molar-refractivity contribution in [2.24, 2.45) is 0 Å². The number of aliphatic hydroxyl groups is 1. The molecular formula is C12H23N3O3S. The molecule has 0 unspecified atom stereocenters. The molecule has 0 atom stereocenters. The number of aromatic nitrogens is 2. The predicted molar refractivity (Wildman–Crippen MR) is 73.4 cm³/mol. The van der Waals surface area contributed by atoms with E-state index in [0.29, 0.717) is 25.3 Å². The Balaban J connectivity index is 3.01. The van der Waals surface area contributed by atoms with E-state index in [1.807, 2.05) is 11.5 Å². The highest BCUT2D eigenvalue weighted by molar-refractivity contribution is 7.89. The van der Waals surface area contributed by atoms with Crippen molar-refractivity contribution in [3.63, 3.8) is 0 Å². The third-order valence-electron chi connectivity index (χ3n) is 2.94. The summed E-state index contributed by atoms with van der Waals surface area (Å²) < 4.78 is 28.0. The molecule has 0 bridgehead atoms. The largest absolute Gasteiger partial charge is 0.396 e. The van der Waals surface area contributed by atoms with Gasteiger partial charge in [-0.25, -0.2) is 13.4 Å². The Hall–Kier alpha value is -0.920. The molecule has 0 amide bonds. The van der Waals surface area contributed by atoms with Crippen LogP contribution in [0.15, 0.2) is 11.2 Å². The molecule has 0 aliphatic rings. The van der Waals surface area contributed by atoms with Crippen LogP contribution in [0.4, 0.5) is 0 Å². The fourth-order valence-electron chi connectivity index (χ4n) is 1.90. The maximum Gasteiger partial charge on any atom is 0.262 e. The monoisotopic (exact) mass is 289 g/mol. The number of imidazole rings is 1. The quantitative estimate of drug-likeness (QED) is 0.774. The molecule has 0 aliphatic carbocycles. The molecule has 1 N–H and O–H groups in total. The Morgan fingerprint density at radius 1 is 1.42 bits per heavy atom. The zero-order valence-corrected chi connectivity index (χ0v) is 12.7. The van der Waals surface area contributed by atoms with Crippen LogP contribution in [0.25, 0.3) is 0 Å². The summed E-state index contributed by atoms with van der Waals surface area (Å²) in [6.45, 7) is 7.06. The number of rotatable bonds is 8. The summed E-state index contributed by atoms with van der Waals surface area (Å²) in [5.74, 6) is 0.707. The van der Waals surface area contributed by atoms with Gasteiger partial charge in [-0.2, -0.15) is 4.31 Å². The molecule has 0 radical (unpaired) electrons. The van der Waals surface area contributed by atoms with Crippen molar-refractivity contribution < 1.29 is 13.5 Å². The number of hydrogen-bond acceptors (Lipinski definition) is 4. The second-order valence-electron chi connectivity index (χ2n) is 4.39. The van der Waals surface area contributed by atoms with Gasteiger partial charge in [-0.3, -0.25) is 0 Å². The van der Waals surface area contributed by atoms with Gasteiger partial charge in [0.1, 0.15) is 5.82 Å². The van der Waals surface area contributed by atoms with E-state index >= 15 is 0 Å². The van der Waals surface area contributed by atoms with Crippen LogP contribution in [0.1, 0.15) is 32.5 Å². The van der Waals surface area contributed by atoms with Crippen molar-refractivity contribution in [3.8, 4) is 0 Å². The molecule has 19 heavy (non-hydrogen) atoms. The summed E-state index contributed by atoms with van der Waals surface area (Å²) in [7, 11) is -3.55. The Bertz CT molecular complexity index is 496. The third-order valence-corrected chi connectivity index (χ3v) is 4.79. The van der Waals surface area contributed by atoms with Crippen LogP contribution in [-0.2, 0) is 16.6 Å². The molecule has 1 rings (SSSR count). The Morgan fingerprint density at radius 2 is 2.11 bits per heavy atom. The first-order valence-corrected chi connectivity index (χ1v) is 8.06. The first-order chi connectivity index (χ1) is 8.97. The maximum atomic E-state index is 12.4. The van der Waals surface area contributed by atoms with Crippen LogP contribution < -0.4 is 0 Å². The highest BCUT2D eigenvalue weighted by Crippen LogP contribution is 2.15. The van der Waals surface area contributed by atoms with E-state index < -0.39 is 10.0 Å². The van der Waals surface area contributed by atoms with Crippen molar-refractivity contribution in [1.82, 2.24) is 13.9 Å². The number of aryl methyl sites for hydroxylation is 2. The lowest BCUT2D eigenvalue weighted by Gasteiger charge is -2.18. The number of hydrogen-bond donors (Lipinski definition) is 1. The van der Waals surface area contributed by atoms with E-state index in [1.54, 1.807) is 20.0 Å². The van der Waals surface area contributed by atoms with E-state index in [2.05, 4.69) is 4.98 Å². The van der Waals surface area contributed by atoms with Crippen LogP contribution in [0.2, 0.25) is 0 Å². The summed E-state index contributed by atoms with van der Waals surface area (Å²) in [5, 5.41) is 8.92. The average Bonchev–Trinajstić information content (AvgIpc) is 2.73. The van der Waals surface area contributed by atoms with Gasteiger partial charge in [-0.15, -0.1) is 0 Å². The Kier molecular flexibility index (Phi) is 5.96. The van der Waals surface area contributed by atoms with E-state index in [1.165, 1.54) is 4.31 Å². The second kappa shape index (κ2) is 7.02. The maximum absolute atomic E-state index is 12.4. The molecule has 0 spiro atoms. The summed E-state index contributed by atoms with van der Waals surface area (Å²) in [6.07, 6.45) is 2.95. The van der Waals surface area contributed by atoms with Crippen LogP contribution in [0, 0.1) is 6.92 Å². The first-order valence-electron chi connectivity index (χ1n) is 6.62. The Morgan fingerprint density at radius 3 is 2.63 bits per heavy atom. The van der Waals surface area contributed by atoms with Gasteiger partial charge in [0.25, 0.3) is 10.0 Å². The first kappa shape index (κ1) is 16.1. The zero-order valence-electron chi connectivity index (χ0n) is 11.8. The molecule has 0 fully saturated rings. The van der Waals surface area contributed by atoms with Crippen molar-refractivity contribution in [2.75, 3.05) is 19.7 Å².